The molecule has 8 nitrogen and oxygen atoms in total. The Morgan fingerprint density at radius 3 is 2.45 bits per heavy atom. The molecule has 0 unspecified atom stereocenters. The van der Waals surface area contributed by atoms with Crippen molar-refractivity contribution in [2.45, 2.75) is 17.9 Å². The van der Waals surface area contributed by atoms with Gasteiger partial charge >= 0.3 is 5.91 Å². The number of ketones is 1. The van der Waals surface area contributed by atoms with E-state index in [0.717, 1.165) is 13.0 Å². The van der Waals surface area contributed by atoms with Gasteiger partial charge in [0.15, 0.2) is 0 Å². The molecule has 3 aliphatic rings. The van der Waals surface area contributed by atoms with Gasteiger partial charge in [-0.25, -0.2) is 8.42 Å². The first-order valence-electron chi connectivity index (χ1n) is 10.3. The molecule has 0 aromatic heterocycles. The highest BCUT2D eigenvalue weighted by molar-refractivity contribution is 7.89. The van der Waals surface area contributed by atoms with Crippen LogP contribution >= 0.6 is 0 Å². The zero-order valence-corrected chi connectivity index (χ0v) is 17.8. The van der Waals surface area contributed by atoms with Gasteiger partial charge in [-0.05, 0) is 35.7 Å². The van der Waals surface area contributed by atoms with Gasteiger partial charge in [0.05, 0.1) is 36.0 Å². The number of Topliss-reactive ketones (excluding diaryl/α,β-unsaturated/α-hetero) is 1. The Morgan fingerprint density at radius 2 is 1.68 bits per heavy atom. The third-order valence-electron chi connectivity index (χ3n) is 6.10. The van der Waals surface area contributed by atoms with Crippen LogP contribution in [0, 0.1) is 0 Å². The molecule has 3 heterocycles. The molecule has 0 saturated carbocycles. The van der Waals surface area contributed by atoms with Gasteiger partial charge in [-0.1, -0.05) is 24.3 Å². The van der Waals surface area contributed by atoms with Crippen LogP contribution < -0.4 is 4.90 Å². The molecule has 9 heteroatoms. The second-order valence-electron chi connectivity index (χ2n) is 7.97. The molecule has 3 aliphatic heterocycles. The lowest BCUT2D eigenvalue weighted by Gasteiger charge is -2.32. The van der Waals surface area contributed by atoms with E-state index in [4.69, 9.17) is 4.74 Å². The first kappa shape index (κ1) is 20.3. The average molecular weight is 442 g/mol. The average Bonchev–Trinajstić information content (AvgIpc) is 3.04. The summed E-state index contributed by atoms with van der Waals surface area (Å²) in [5, 5.41) is 0. The fourth-order valence-electron chi connectivity index (χ4n) is 4.39. The van der Waals surface area contributed by atoms with Gasteiger partial charge in [-0.2, -0.15) is 4.31 Å². The summed E-state index contributed by atoms with van der Waals surface area (Å²) in [6.45, 7) is 3.01. The summed E-state index contributed by atoms with van der Waals surface area (Å²) >= 11 is 0. The lowest BCUT2D eigenvalue weighted by molar-refractivity contribution is -0.114. The van der Waals surface area contributed by atoms with Crippen LogP contribution in [-0.2, 0) is 32.5 Å². The quantitative estimate of drug-likeness (QED) is 0.664. The van der Waals surface area contributed by atoms with Crippen molar-refractivity contribution in [1.82, 2.24) is 9.21 Å². The molecule has 31 heavy (non-hydrogen) atoms. The highest BCUT2D eigenvalue weighted by Gasteiger charge is 2.38. The van der Waals surface area contributed by atoms with Gasteiger partial charge in [0.2, 0.25) is 10.0 Å². The van der Waals surface area contributed by atoms with E-state index in [1.807, 2.05) is 12.1 Å². The summed E-state index contributed by atoms with van der Waals surface area (Å²) in [5.41, 5.74) is 3.14. The molecule has 0 spiro atoms. The molecule has 1 amide bonds. The number of amides is 1. The number of rotatable bonds is 4. The molecule has 0 N–H and O–H groups in total. The minimum atomic E-state index is -3.74. The van der Waals surface area contributed by atoms with Crippen LogP contribution in [-0.4, -0.2) is 68.8 Å². The first-order valence-corrected chi connectivity index (χ1v) is 11.8. The zero-order chi connectivity index (χ0) is 21.6. The van der Waals surface area contributed by atoms with Crippen LogP contribution in [0.5, 0.6) is 0 Å². The van der Waals surface area contributed by atoms with Crippen LogP contribution in [0.3, 0.4) is 0 Å². The number of ether oxygens (including phenoxy) is 1. The molecule has 2 aromatic rings. The van der Waals surface area contributed by atoms with Crippen LogP contribution in [0.25, 0.3) is 0 Å². The van der Waals surface area contributed by atoms with Gasteiger partial charge in [-0.3, -0.25) is 19.4 Å². The SMILES string of the molecule is O=C1C(=O)N(CN2CCc3ccccc3C2)c2ccc(S(=O)(=O)N3CCOCC3)cc21. The molecule has 0 atom stereocenters. The van der Waals surface area contributed by atoms with Crippen molar-refractivity contribution in [2.24, 2.45) is 0 Å². The summed E-state index contributed by atoms with van der Waals surface area (Å²) in [4.78, 5) is 29.0. The number of benzene rings is 2. The number of sulfonamides is 1. The molecule has 0 aliphatic carbocycles. The number of hydrogen-bond donors (Lipinski definition) is 0. The monoisotopic (exact) mass is 441 g/mol. The largest absolute Gasteiger partial charge is 0.379 e. The smallest absolute Gasteiger partial charge is 0.300 e. The molecule has 2 aromatic carbocycles. The Kier molecular flexibility index (Phi) is 5.13. The highest BCUT2D eigenvalue weighted by atomic mass is 32.2. The standard InChI is InChI=1S/C22H23N3O5S/c26-21-19-13-18(31(28,29)24-9-11-30-12-10-24)5-6-20(19)25(22(21)27)15-23-8-7-16-3-1-2-4-17(16)14-23/h1-6,13H,7-12,14-15H2. The van der Waals surface area contributed by atoms with Crippen molar-refractivity contribution >= 4 is 27.4 Å². The van der Waals surface area contributed by atoms with Crippen LogP contribution in [0.15, 0.2) is 47.4 Å². The van der Waals surface area contributed by atoms with Gasteiger partial charge < -0.3 is 4.74 Å². The Morgan fingerprint density at radius 1 is 0.935 bits per heavy atom. The van der Waals surface area contributed by atoms with Crippen molar-refractivity contribution in [2.75, 3.05) is 44.4 Å². The lowest BCUT2D eigenvalue weighted by atomic mass is 10.0. The molecule has 162 valence electrons. The minimum absolute atomic E-state index is 0.0306. The number of fused-ring (bicyclic) bond motifs is 2. The predicted molar refractivity (Wildman–Crippen MR) is 113 cm³/mol. The van der Waals surface area contributed by atoms with Gasteiger partial charge in [0.1, 0.15) is 0 Å². The van der Waals surface area contributed by atoms with Crippen molar-refractivity contribution in [3.05, 3.63) is 59.2 Å². The Labute approximate surface area is 181 Å². The summed E-state index contributed by atoms with van der Waals surface area (Å²) in [5.74, 6) is -1.28. The summed E-state index contributed by atoms with van der Waals surface area (Å²) in [7, 11) is -3.74. The Hall–Kier alpha value is -2.59. The van der Waals surface area contributed by atoms with Gasteiger partial charge in [0, 0.05) is 26.2 Å². The molecule has 5 rings (SSSR count). The van der Waals surface area contributed by atoms with Crippen LogP contribution in [0.1, 0.15) is 21.5 Å². The fourth-order valence-corrected chi connectivity index (χ4v) is 5.83. The summed E-state index contributed by atoms with van der Waals surface area (Å²) in [6.07, 6.45) is 0.885. The van der Waals surface area contributed by atoms with Crippen molar-refractivity contribution in [3.63, 3.8) is 0 Å². The zero-order valence-electron chi connectivity index (χ0n) is 17.0. The van der Waals surface area contributed by atoms with E-state index in [2.05, 4.69) is 17.0 Å². The number of carbonyl (C=O) groups excluding carboxylic acids is 2. The number of hydrogen-bond acceptors (Lipinski definition) is 6. The summed E-state index contributed by atoms with van der Waals surface area (Å²) in [6, 6.07) is 12.6. The number of anilines is 1. The van der Waals surface area contributed by atoms with Crippen LogP contribution in [0.2, 0.25) is 0 Å². The molecule has 0 radical (unpaired) electrons. The van der Waals surface area contributed by atoms with Crippen molar-refractivity contribution in [1.29, 1.82) is 0 Å². The predicted octanol–water partition coefficient (Wildman–Crippen LogP) is 1.25. The highest BCUT2D eigenvalue weighted by Crippen LogP contribution is 2.33. The van der Waals surface area contributed by atoms with Gasteiger partial charge in [-0.15, -0.1) is 0 Å². The van der Waals surface area contributed by atoms with E-state index < -0.39 is 21.7 Å². The maximum Gasteiger partial charge on any atom is 0.300 e. The molecule has 1 fully saturated rings. The second-order valence-corrected chi connectivity index (χ2v) is 9.91. The molecular weight excluding hydrogens is 418 g/mol. The third-order valence-corrected chi connectivity index (χ3v) is 8.00. The lowest BCUT2D eigenvalue weighted by Crippen LogP contribution is -2.43. The molecular formula is C22H23N3O5S. The maximum absolute atomic E-state index is 12.9. The fraction of sp³-hybridized carbons (Fsp3) is 0.364. The van der Waals surface area contributed by atoms with Crippen molar-refractivity contribution in [3.8, 4) is 0 Å². The van der Waals surface area contributed by atoms with E-state index >= 15 is 0 Å². The van der Waals surface area contributed by atoms with Crippen molar-refractivity contribution < 1.29 is 22.7 Å². The van der Waals surface area contributed by atoms with Crippen LogP contribution in [0.4, 0.5) is 5.69 Å². The van der Waals surface area contributed by atoms with E-state index in [-0.39, 0.29) is 23.5 Å². The normalized spacial score (nSPS) is 20.1. The second kappa shape index (κ2) is 7.83. The molecule has 1 saturated heterocycles. The Bertz CT molecular complexity index is 1160. The maximum atomic E-state index is 12.9. The van der Waals surface area contributed by atoms with E-state index in [9.17, 15) is 18.0 Å². The van der Waals surface area contributed by atoms with Gasteiger partial charge in [0.25, 0.3) is 5.78 Å². The summed E-state index contributed by atoms with van der Waals surface area (Å²) < 4.78 is 32.5. The van der Waals surface area contributed by atoms with E-state index in [0.29, 0.717) is 32.1 Å². The number of nitrogens with zero attached hydrogens (tertiary/aromatic N) is 3. The first-order chi connectivity index (χ1) is 14.9. The minimum Gasteiger partial charge on any atom is -0.379 e. The van der Waals surface area contributed by atoms with E-state index in [1.165, 1.54) is 32.5 Å². The number of morpholine rings is 1. The molecule has 0 bridgehead atoms. The third kappa shape index (κ3) is 3.57. The Balaban J connectivity index is 1.40. The number of carbonyl (C=O) groups is 2. The topological polar surface area (TPSA) is 87.2 Å². The van der Waals surface area contributed by atoms with E-state index in [1.54, 1.807) is 6.07 Å².